The molecule has 0 unspecified atom stereocenters. The fourth-order valence-electron chi connectivity index (χ4n) is 2.98. The number of oxazole rings is 1. The van der Waals surface area contributed by atoms with Gasteiger partial charge in [-0.2, -0.15) is 0 Å². The zero-order valence-electron chi connectivity index (χ0n) is 15.6. The van der Waals surface area contributed by atoms with Crippen LogP contribution in [0.15, 0.2) is 82.5 Å². The summed E-state index contributed by atoms with van der Waals surface area (Å²) < 4.78 is 5.58. The molecular weight excluding hydrogens is 350 g/mol. The molecule has 0 amide bonds. The van der Waals surface area contributed by atoms with Gasteiger partial charge in [0.05, 0.1) is 17.8 Å². The van der Waals surface area contributed by atoms with Gasteiger partial charge in [-0.3, -0.25) is 9.98 Å². The van der Waals surface area contributed by atoms with Gasteiger partial charge in [0, 0.05) is 30.7 Å². The van der Waals surface area contributed by atoms with Crippen LogP contribution in [0.5, 0.6) is 0 Å². The van der Waals surface area contributed by atoms with Crippen molar-refractivity contribution < 1.29 is 4.42 Å². The lowest BCUT2D eigenvalue weighted by Crippen LogP contribution is -2.36. The number of rotatable bonds is 5. The quantitative estimate of drug-likeness (QED) is 0.413. The van der Waals surface area contributed by atoms with Gasteiger partial charge >= 0.3 is 0 Å². The van der Waals surface area contributed by atoms with E-state index in [-0.39, 0.29) is 0 Å². The van der Waals surface area contributed by atoms with Crippen LogP contribution in [0, 0.1) is 0 Å². The van der Waals surface area contributed by atoms with E-state index in [1.165, 1.54) is 5.56 Å². The summed E-state index contributed by atoms with van der Waals surface area (Å²) in [5.74, 6) is 1.31. The lowest BCUT2D eigenvalue weighted by molar-refractivity contribution is 0.572. The maximum Gasteiger partial charge on any atom is 0.226 e. The summed E-state index contributed by atoms with van der Waals surface area (Å²) >= 11 is 0. The Morgan fingerprint density at radius 2 is 1.75 bits per heavy atom. The molecule has 6 nitrogen and oxygen atoms in total. The number of benzene rings is 2. The Hall–Kier alpha value is -3.67. The molecule has 2 N–H and O–H groups in total. The Bertz CT molecular complexity index is 1080. The van der Waals surface area contributed by atoms with Gasteiger partial charge in [0.2, 0.25) is 5.89 Å². The van der Waals surface area contributed by atoms with E-state index in [0.29, 0.717) is 24.9 Å². The summed E-state index contributed by atoms with van der Waals surface area (Å²) in [6.07, 6.45) is 3.50. The van der Waals surface area contributed by atoms with E-state index in [0.717, 1.165) is 22.2 Å². The highest BCUT2D eigenvalue weighted by molar-refractivity contribution is 5.83. The van der Waals surface area contributed by atoms with Crippen LogP contribution in [0.2, 0.25) is 0 Å². The first-order chi connectivity index (χ1) is 13.8. The monoisotopic (exact) mass is 371 g/mol. The van der Waals surface area contributed by atoms with Crippen molar-refractivity contribution in [1.29, 1.82) is 0 Å². The first-order valence-electron chi connectivity index (χ1n) is 9.10. The lowest BCUT2D eigenvalue weighted by Gasteiger charge is -2.12. The summed E-state index contributed by atoms with van der Waals surface area (Å²) in [4.78, 5) is 13.2. The molecule has 140 valence electrons. The molecule has 0 bridgehead atoms. The minimum atomic E-state index is 0.521. The Morgan fingerprint density at radius 1 is 0.964 bits per heavy atom. The predicted molar refractivity (Wildman–Crippen MR) is 111 cm³/mol. The standard InChI is InChI=1S/C22H21N5O/c1-23-22(25-13-17-11-12-24-20-10-6-5-9-19(17)20)26-14-18-15-28-21(27-18)16-7-3-2-4-8-16/h2-12,15H,13-14H2,1H3,(H2,23,25,26). The zero-order chi connectivity index (χ0) is 19.2. The number of nitrogens with zero attached hydrogens (tertiary/aromatic N) is 3. The molecule has 2 aromatic heterocycles. The first kappa shape index (κ1) is 17.7. The van der Waals surface area contributed by atoms with Crippen LogP contribution in [0.3, 0.4) is 0 Å². The predicted octanol–water partition coefficient (Wildman–Crippen LogP) is 3.76. The van der Waals surface area contributed by atoms with E-state index < -0.39 is 0 Å². The van der Waals surface area contributed by atoms with E-state index in [1.54, 1.807) is 13.3 Å². The molecule has 0 aliphatic carbocycles. The number of aliphatic imine (C=N–C) groups is 1. The van der Waals surface area contributed by atoms with E-state index in [9.17, 15) is 0 Å². The molecular formula is C22H21N5O. The van der Waals surface area contributed by atoms with E-state index in [4.69, 9.17) is 4.42 Å². The zero-order valence-corrected chi connectivity index (χ0v) is 15.6. The van der Waals surface area contributed by atoms with Crippen molar-refractivity contribution in [3.05, 3.63) is 84.4 Å². The van der Waals surface area contributed by atoms with Gasteiger partial charge in [0.25, 0.3) is 0 Å². The maximum absolute atomic E-state index is 5.58. The molecule has 0 aliphatic heterocycles. The van der Waals surface area contributed by atoms with Crippen LogP contribution in [0.4, 0.5) is 0 Å². The van der Waals surface area contributed by atoms with E-state index in [2.05, 4.69) is 31.7 Å². The highest BCUT2D eigenvalue weighted by atomic mass is 16.3. The highest BCUT2D eigenvalue weighted by Crippen LogP contribution is 2.18. The Morgan fingerprint density at radius 3 is 2.61 bits per heavy atom. The Balaban J connectivity index is 1.37. The van der Waals surface area contributed by atoms with Crippen molar-refractivity contribution in [3.8, 4) is 11.5 Å². The minimum Gasteiger partial charge on any atom is -0.444 e. The summed E-state index contributed by atoms with van der Waals surface area (Å²) in [6, 6.07) is 20.0. The van der Waals surface area contributed by atoms with E-state index in [1.807, 2.05) is 60.8 Å². The van der Waals surface area contributed by atoms with Gasteiger partial charge in [-0.05, 0) is 29.8 Å². The van der Waals surface area contributed by atoms with Crippen molar-refractivity contribution in [3.63, 3.8) is 0 Å². The molecule has 0 radical (unpaired) electrons. The molecule has 0 spiro atoms. The van der Waals surface area contributed by atoms with Crippen LogP contribution in [-0.2, 0) is 13.1 Å². The summed E-state index contributed by atoms with van der Waals surface area (Å²) in [7, 11) is 1.75. The summed E-state index contributed by atoms with van der Waals surface area (Å²) in [5.41, 5.74) is 3.93. The number of nitrogens with one attached hydrogen (secondary N) is 2. The molecule has 2 heterocycles. The van der Waals surface area contributed by atoms with Crippen molar-refractivity contribution >= 4 is 16.9 Å². The number of fused-ring (bicyclic) bond motifs is 1. The van der Waals surface area contributed by atoms with Gasteiger partial charge < -0.3 is 15.1 Å². The van der Waals surface area contributed by atoms with Gasteiger partial charge in [0.1, 0.15) is 6.26 Å². The van der Waals surface area contributed by atoms with Crippen molar-refractivity contribution in [2.75, 3.05) is 7.05 Å². The minimum absolute atomic E-state index is 0.521. The smallest absolute Gasteiger partial charge is 0.226 e. The summed E-state index contributed by atoms with van der Waals surface area (Å²) in [5, 5.41) is 7.74. The fraction of sp³-hybridized carbons (Fsp3) is 0.136. The van der Waals surface area contributed by atoms with Crippen LogP contribution in [0.25, 0.3) is 22.4 Å². The number of pyridine rings is 1. The van der Waals surface area contributed by atoms with Crippen LogP contribution >= 0.6 is 0 Å². The molecule has 0 fully saturated rings. The number of para-hydroxylation sites is 1. The first-order valence-corrected chi connectivity index (χ1v) is 9.10. The van der Waals surface area contributed by atoms with Crippen molar-refractivity contribution in [2.45, 2.75) is 13.1 Å². The van der Waals surface area contributed by atoms with Crippen LogP contribution in [-0.4, -0.2) is 23.0 Å². The number of hydrogen-bond acceptors (Lipinski definition) is 4. The Labute approximate surface area is 163 Å². The van der Waals surface area contributed by atoms with Gasteiger partial charge in [0.15, 0.2) is 5.96 Å². The average molecular weight is 371 g/mol. The van der Waals surface area contributed by atoms with Crippen LogP contribution < -0.4 is 10.6 Å². The van der Waals surface area contributed by atoms with Gasteiger partial charge in [-0.25, -0.2) is 4.98 Å². The average Bonchev–Trinajstić information content (AvgIpc) is 3.24. The molecule has 6 heteroatoms. The highest BCUT2D eigenvalue weighted by Gasteiger charge is 2.07. The van der Waals surface area contributed by atoms with Gasteiger partial charge in [-0.15, -0.1) is 0 Å². The fourth-order valence-corrected chi connectivity index (χ4v) is 2.98. The number of aromatic nitrogens is 2. The molecule has 4 rings (SSSR count). The third-order valence-corrected chi connectivity index (χ3v) is 4.42. The third-order valence-electron chi connectivity index (χ3n) is 4.42. The Kier molecular flexibility index (Phi) is 5.29. The lowest BCUT2D eigenvalue weighted by atomic mass is 10.1. The molecule has 0 saturated carbocycles. The normalized spacial score (nSPS) is 11.5. The second-order valence-electron chi connectivity index (χ2n) is 6.28. The molecule has 0 atom stereocenters. The van der Waals surface area contributed by atoms with Gasteiger partial charge in [-0.1, -0.05) is 36.4 Å². The van der Waals surface area contributed by atoms with Crippen LogP contribution in [0.1, 0.15) is 11.3 Å². The molecule has 2 aromatic carbocycles. The van der Waals surface area contributed by atoms with E-state index >= 15 is 0 Å². The van der Waals surface area contributed by atoms with Crippen molar-refractivity contribution in [2.24, 2.45) is 4.99 Å². The maximum atomic E-state index is 5.58. The van der Waals surface area contributed by atoms with Crippen molar-refractivity contribution in [1.82, 2.24) is 20.6 Å². The summed E-state index contributed by atoms with van der Waals surface area (Å²) in [6.45, 7) is 1.17. The second kappa shape index (κ2) is 8.35. The topological polar surface area (TPSA) is 75.3 Å². The molecule has 28 heavy (non-hydrogen) atoms. The largest absolute Gasteiger partial charge is 0.444 e. The molecule has 0 saturated heterocycles. The third kappa shape index (κ3) is 4.01. The molecule has 4 aromatic rings. The SMILES string of the molecule is CN=C(NCc1coc(-c2ccccc2)n1)NCc1ccnc2ccccc12. The molecule has 0 aliphatic rings. The number of hydrogen-bond donors (Lipinski definition) is 2. The second-order valence-corrected chi connectivity index (χ2v) is 6.28. The number of guanidine groups is 1.